The summed E-state index contributed by atoms with van der Waals surface area (Å²) in [7, 11) is 1.54. The topological polar surface area (TPSA) is 9.23 Å². The van der Waals surface area contributed by atoms with Gasteiger partial charge in [-0.1, -0.05) is 29.8 Å². The van der Waals surface area contributed by atoms with E-state index in [4.69, 9.17) is 16.3 Å². The average molecular weight is 236 g/mol. The molecule has 2 rings (SSSR count). The van der Waals surface area contributed by atoms with Gasteiger partial charge in [0, 0.05) is 22.2 Å². The number of benzene rings is 2. The molecular weight excluding hydrogens is 227 g/mol. The molecule has 0 aliphatic rings. The van der Waals surface area contributed by atoms with Crippen molar-refractivity contribution in [2.75, 3.05) is 7.11 Å². The Morgan fingerprint density at radius 2 is 2.06 bits per heavy atom. The molecule has 0 N–H and O–H groups in total. The largest absolute Gasteiger partial charge is 0.496 e. The molecule has 0 aromatic heterocycles. The Morgan fingerprint density at radius 3 is 2.75 bits per heavy atom. The van der Waals surface area contributed by atoms with Gasteiger partial charge in [0.15, 0.2) is 0 Å². The number of hydrogen-bond acceptors (Lipinski definition) is 1. The van der Waals surface area contributed by atoms with Crippen LogP contribution in [-0.2, 0) is 0 Å². The highest BCUT2D eigenvalue weighted by Gasteiger charge is 2.10. The lowest BCUT2D eigenvalue weighted by Crippen LogP contribution is -1.90. The lowest BCUT2D eigenvalue weighted by Gasteiger charge is -2.09. The fourth-order valence-corrected chi connectivity index (χ4v) is 1.69. The van der Waals surface area contributed by atoms with Gasteiger partial charge < -0.3 is 4.74 Å². The van der Waals surface area contributed by atoms with Gasteiger partial charge in [-0.05, 0) is 18.2 Å². The van der Waals surface area contributed by atoms with Crippen molar-refractivity contribution < 1.29 is 9.13 Å². The van der Waals surface area contributed by atoms with Crippen LogP contribution in [-0.4, -0.2) is 7.11 Å². The zero-order valence-corrected chi connectivity index (χ0v) is 9.38. The molecule has 1 radical (unpaired) electrons. The maximum atomic E-state index is 13.6. The monoisotopic (exact) mass is 235 g/mol. The molecule has 0 bridgehead atoms. The highest BCUT2D eigenvalue weighted by atomic mass is 35.5. The van der Waals surface area contributed by atoms with Crippen molar-refractivity contribution in [1.29, 1.82) is 0 Å². The Balaban J connectivity index is 2.63. The third-order valence-corrected chi connectivity index (χ3v) is 2.49. The van der Waals surface area contributed by atoms with E-state index < -0.39 is 5.82 Å². The first kappa shape index (κ1) is 11.0. The molecular formula is C13H9ClFO. The lowest BCUT2D eigenvalue weighted by molar-refractivity contribution is 0.416. The highest BCUT2D eigenvalue weighted by molar-refractivity contribution is 6.31. The van der Waals surface area contributed by atoms with Crippen LogP contribution in [0.1, 0.15) is 0 Å². The number of ether oxygens (including phenoxy) is 1. The van der Waals surface area contributed by atoms with Gasteiger partial charge >= 0.3 is 0 Å². The third kappa shape index (κ3) is 2.02. The first-order chi connectivity index (χ1) is 7.72. The summed E-state index contributed by atoms with van der Waals surface area (Å²) in [6.07, 6.45) is 0. The van der Waals surface area contributed by atoms with E-state index in [-0.39, 0.29) is 0 Å². The van der Waals surface area contributed by atoms with Crippen molar-refractivity contribution in [3.05, 3.63) is 53.3 Å². The van der Waals surface area contributed by atoms with Crippen LogP contribution in [0.2, 0.25) is 5.02 Å². The molecule has 81 valence electrons. The minimum Gasteiger partial charge on any atom is -0.496 e. The molecule has 0 amide bonds. The van der Waals surface area contributed by atoms with Gasteiger partial charge in [-0.25, -0.2) is 4.39 Å². The highest BCUT2D eigenvalue weighted by Crippen LogP contribution is 2.33. The minimum absolute atomic E-state index is 0.414. The second-order valence-corrected chi connectivity index (χ2v) is 3.68. The molecule has 0 unspecified atom stereocenters. The third-order valence-electron chi connectivity index (χ3n) is 2.26. The van der Waals surface area contributed by atoms with Gasteiger partial charge in [0.1, 0.15) is 11.6 Å². The quantitative estimate of drug-likeness (QED) is 0.766. The predicted molar refractivity (Wildman–Crippen MR) is 62.2 cm³/mol. The first-order valence-electron chi connectivity index (χ1n) is 4.72. The Morgan fingerprint density at radius 1 is 1.25 bits per heavy atom. The van der Waals surface area contributed by atoms with Crippen LogP contribution in [0.15, 0.2) is 36.4 Å². The van der Waals surface area contributed by atoms with Crippen LogP contribution in [0.25, 0.3) is 11.1 Å². The van der Waals surface area contributed by atoms with Crippen LogP contribution in [0.5, 0.6) is 5.75 Å². The van der Waals surface area contributed by atoms with E-state index >= 15 is 0 Å². The van der Waals surface area contributed by atoms with Crippen molar-refractivity contribution in [3.63, 3.8) is 0 Å². The second kappa shape index (κ2) is 4.54. The van der Waals surface area contributed by atoms with Crippen molar-refractivity contribution in [2.24, 2.45) is 0 Å². The second-order valence-electron chi connectivity index (χ2n) is 3.24. The fourth-order valence-electron chi connectivity index (χ4n) is 1.52. The lowest BCUT2D eigenvalue weighted by atomic mass is 10.0. The van der Waals surface area contributed by atoms with Gasteiger partial charge in [0.2, 0.25) is 0 Å². The smallest absolute Gasteiger partial charge is 0.139 e. The summed E-state index contributed by atoms with van der Waals surface area (Å²) < 4.78 is 18.7. The molecule has 1 nitrogen and oxygen atoms in total. The summed E-state index contributed by atoms with van der Waals surface area (Å²) >= 11 is 5.89. The van der Waals surface area contributed by atoms with Crippen LogP contribution >= 0.6 is 11.6 Å². The number of methoxy groups -OCH3 is 1. The van der Waals surface area contributed by atoms with E-state index in [9.17, 15) is 4.39 Å². The van der Waals surface area contributed by atoms with Crippen molar-refractivity contribution in [3.8, 4) is 16.9 Å². The molecule has 0 saturated carbocycles. The van der Waals surface area contributed by atoms with Gasteiger partial charge in [-0.2, -0.15) is 0 Å². The molecule has 2 aromatic rings. The molecule has 0 spiro atoms. The van der Waals surface area contributed by atoms with Gasteiger partial charge in [0.05, 0.1) is 7.11 Å². The Bertz CT molecular complexity index is 511. The molecule has 0 atom stereocenters. The predicted octanol–water partition coefficient (Wildman–Crippen LogP) is 3.95. The molecule has 3 heteroatoms. The Hall–Kier alpha value is -1.54. The van der Waals surface area contributed by atoms with Gasteiger partial charge in [-0.3, -0.25) is 0 Å². The maximum Gasteiger partial charge on any atom is 0.139 e. The van der Waals surface area contributed by atoms with Gasteiger partial charge in [0.25, 0.3) is 0 Å². The minimum atomic E-state index is -0.414. The number of rotatable bonds is 2. The average Bonchev–Trinajstić information content (AvgIpc) is 2.29. The van der Waals surface area contributed by atoms with Crippen molar-refractivity contribution in [2.45, 2.75) is 0 Å². The van der Waals surface area contributed by atoms with E-state index in [0.29, 0.717) is 21.9 Å². The van der Waals surface area contributed by atoms with E-state index in [1.165, 1.54) is 13.2 Å². The Kier molecular flexibility index (Phi) is 3.11. The Labute approximate surface area is 98.4 Å². The van der Waals surface area contributed by atoms with E-state index in [2.05, 4.69) is 6.07 Å². The normalized spacial score (nSPS) is 10.2. The zero-order valence-electron chi connectivity index (χ0n) is 8.63. The zero-order chi connectivity index (χ0) is 11.5. The summed E-state index contributed by atoms with van der Waals surface area (Å²) in [5, 5.41) is 0.541. The SMILES string of the molecule is COc1ccc(Cl)cc1-c1ccc[c]c1F. The summed E-state index contributed by atoms with van der Waals surface area (Å²) in [6, 6.07) is 12.5. The fraction of sp³-hybridized carbons (Fsp3) is 0.0769. The van der Waals surface area contributed by atoms with Crippen LogP contribution in [0, 0.1) is 11.9 Å². The summed E-state index contributed by atoms with van der Waals surface area (Å²) in [4.78, 5) is 0. The molecule has 16 heavy (non-hydrogen) atoms. The van der Waals surface area contributed by atoms with E-state index in [0.717, 1.165) is 0 Å². The first-order valence-corrected chi connectivity index (χ1v) is 5.10. The molecule has 0 saturated heterocycles. The van der Waals surface area contributed by atoms with Crippen molar-refractivity contribution in [1.82, 2.24) is 0 Å². The summed E-state index contributed by atoms with van der Waals surface area (Å²) in [5.41, 5.74) is 1.06. The van der Waals surface area contributed by atoms with Crippen molar-refractivity contribution >= 4 is 11.6 Å². The van der Waals surface area contributed by atoms with E-state index in [1.54, 1.807) is 30.3 Å². The van der Waals surface area contributed by atoms with Crippen LogP contribution in [0.4, 0.5) is 4.39 Å². The molecule has 0 fully saturated rings. The summed E-state index contributed by atoms with van der Waals surface area (Å²) in [6.45, 7) is 0. The molecule has 2 aromatic carbocycles. The number of halogens is 2. The standard InChI is InChI=1S/C13H9ClFO/c1-16-13-7-6-9(14)8-11(13)10-4-2-3-5-12(10)15/h2-4,6-8H,1H3. The van der Waals surface area contributed by atoms with Gasteiger partial charge in [-0.15, -0.1) is 0 Å². The molecule has 0 aliphatic carbocycles. The summed E-state index contributed by atoms with van der Waals surface area (Å²) in [5.74, 6) is 0.172. The maximum absolute atomic E-state index is 13.6. The van der Waals surface area contributed by atoms with Crippen LogP contribution in [0.3, 0.4) is 0 Å². The molecule has 0 heterocycles. The number of hydrogen-bond donors (Lipinski definition) is 0. The molecule has 0 aliphatic heterocycles. The van der Waals surface area contributed by atoms with Crippen LogP contribution < -0.4 is 4.74 Å². The van der Waals surface area contributed by atoms with E-state index in [1.807, 2.05) is 0 Å².